The summed E-state index contributed by atoms with van der Waals surface area (Å²) in [5, 5.41) is 3.88. The van der Waals surface area contributed by atoms with Gasteiger partial charge in [-0.15, -0.1) is 0 Å². The molecule has 8 heteroatoms. The zero-order valence-electron chi connectivity index (χ0n) is 18.7. The lowest BCUT2D eigenvalue weighted by Crippen LogP contribution is -2.28. The zero-order chi connectivity index (χ0) is 23.9. The maximum absolute atomic E-state index is 13.2. The first kappa shape index (κ1) is 23.5. The highest BCUT2D eigenvalue weighted by atomic mass is 32.2. The highest BCUT2D eigenvalue weighted by Crippen LogP contribution is 2.20. The lowest BCUT2D eigenvalue weighted by Gasteiger charge is -2.13. The molecular weight excluding hydrogens is 453 g/mol. The number of thioether (sulfide) groups is 1. The van der Waals surface area contributed by atoms with Crippen molar-refractivity contribution in [2.45, 2.75) is 18.1 Å². The minimum Gasteiger partial charge on any atom is -0.497 e. The van der Waals surface area contributed by atoms with Crippen LogP contribution in [0.2, 0.25) is 0 Å². The fraction of sp³-hybridized carbons (Fsp3) is 0.192. The molecule has 0 fully saturated rings. The smallest absolute Gasteiger partial charge is 0.262 e. The summed E-state index contributed by atoms with van der Waals surface area (Å²) in [6, 6.07) is 20.9. The summed E-state index contributed by atoms with van der Waals surface area (Å²) in [7, 11) is 1.60. The molecule has 0 spiro atoms. The van der Waals surface area contributed by atoms with Crippen molar-refractivity contribution < 1.29 is 13.9 Å². The number of carbonyl (C=O) groups is 1. The number of para-hydroxylation sites is 1. The number of carbonyl (C=O) groups excluding carboxylic acids is 1. The summed E-state index contributed by atoms with van der Waals surface area (Å²) in [6.07, 6.45) is 0.604. The molecule has 1 heterocycles. The molecule has 4 aromatic rings. The molecule has 0 bridgehead atoms. The van der Waals surface area contributed by atoms with Crippen LogP contribution in [0.4, 0.5) is 4.39 Å². The molecule has 34 heavy (non-hydrogen) atoms. The zero-order valence-corrected chi connectivity index (χ0v) is 19.5. The van der Waals surface area contributed by atoms with E-state index in [1.165, 1.54) is 23.9 Å². The second-order valence-electron chi connectivity index (χ2n) is 7.67. The van der Waals surface area contributed by atoms with E-state index >= 15 is 0 Å². The lowest BCUT2D eigenvalue weighted by atomic mass is 10.1. The van der Waals surface area contributed by atoms with Crippen LogP contribution in [0.1, 0.15) is 11.1 Å². The van der Waals surface area contributed by atoms with Gasteiger partial charge < -0.3 is 10.1 Å². The van der Waals surface area contributed by atoms with Crippen molar-refractivity contribution in [3.05, 3.63) is 100 Å². The van der Waals surface area contributed by atoms with Crippen molar-refractivity contribution in [3.63, 3.8) is 0 Å². The Balaban J connectivity index is 1.47. The fourth-order valence-electron chi connectivity index (χ4n) is 3.49. The van der Waals surface area contributed by atoms with E-state index < -0.39 is 0 Å². The van der Waals surface area contributed by atoms with Crippen molar-refractivity contribution in [2.24, 2.45) is 0 Å². The molecule has 0 aliphatic carbocycles. The third-order valence-corrected chi connectivity index (χ3v) is 6.28. The van der Waals surface area contributed by atoms with E-state index in [1.54, 1.807) is 35.9 Å². The molecule has 1 N–H and O–H groups in total. The van der Waals surface area contributed by atoms with E-state index in [9.17, 15) is 14.0 Å². The number of methoxy groups -OCH3 is 1. The Bertz CT molecular complexity index is 1340. The number of amides is 1. The van der Waals surface area contributed by atoms with Gasteiger partial charge in [-0.2, -0.15) is 0 Å². The molecule has 0 aliphatic rings. The molecule has 6 nitrogen and oxygen atoms in total. The molecule has 0 unspecified atom stereocenters. The first-order valence-electron chi connectivity index (χ1n) is 10.8. The van der Waals surface area contributed by atoms with Gasteiger partial charge in [0, 0.05) is 6.54 Å². The van der Waals surface area contributed by atoms with E-state index in [1.807, 2.05) is 36.4 Å². The SMILES string of the molecule is COc1ccc(Cn2c(SCC(=O)NCCc3ccc(F)cc3)nc3ccccc3c2=O)cc1. The first-order valence-corrected chi connectivity index (χ1v) is 11.8. The van der Waals surface area contributed by atoms with Crippen LogP contribution in [0.15, 0.2) is 82.7 Å². The molecule has 0 saturated carbocycles. The summed E-state index contributed by atoms with van der Waals surface area (Å²) in [5.41, 5.74) is 2.31. The molecule has 0 saturated heterocycles. The quantitative estimate of drug-likeness (QED) is 0.291. The molecule has 174 valence electrons. The summed E-state index contributed by atoms with van der Waals surface area (Å²) in [5.74, 6) is 0.412. The lowest BCUT2D eigenvalue weighted by molar-refractivity contribution is -0.118. The van der Waals surface area contributed by atoms with E-state index in [0.29, 0.717) is 35.6 Å². The molecule has 4 rings (SSSR count). The van der Waals surface area contributed by atoms with E-state index in [0.717, 1.165) is 16.9 Å². The van der Waals surface area contributed by atoms with Gasteiger partial charge in [0.25, 0.3) is 5.56 Å². The number of halogens is 1. The predicted octanol–water partition coefficient (Wildman–Crippen LogP) is 4.04. The number of hydrogen-bond acceptors (Lipinski definition) is 5. The Hall–Kier alpha value is -3.65. The number of nitrogens with zero attached hydrogens (tertiary/aromatic N) is 2. The summed E-state index contributed by atoms with van der Waals surface area (Å²) in [4.78, 5) is 30.3. The highest BCUT2D eigenvalue weighted by Gasteiger charge is 2.14. The largest absolute Gasteiger partial charge is 0.497 e. The molecule has 1 aromatic heterocycles. The molecule has 0 aliphatic heterocycles. The number of hydrogen-bond donors (Lipinski definition) is 1. The third kappa shape index (κ3) is 5.82. The van der Waals surface area contributed by atoms with Crippen LogP contribution in [-0.2, 0) is 17.8 Å². The maximum Gasteiger partial charge on any atom is 0.262 e. The van der Waals surface area contributed by atoms with Crippen molar-refractivity contribution in [1.29, 1.82) is 0 Å². The Morgan fingerprint density at radius 2 is 1.74 bits per heavy atom. The van der Waals surface area contributed by atoms with E-state index in [-0.39, 0.29) is 23.0 Å². The maximum atomic E-state index is 13.2. The molecule has 1 amide bonds. The van der Waals surface area contributed by atoms with Gasteiger partial charge in [-0.3, -0.25) is 14.2 Å². The van der Waals surface area contributed by atoms with Crippen molar-refractivity contribution >= 4 is 28.6 Å². The van der Waals surface area contributed by atoms with Crippen LogP contribution in [0.5, 0.6) is 5.75 Å². The van der Waals surface area contributed by atoms with E-state index in [4.69, 9.17) is 4.74 Å². The van der Waals surface area contributed by atoms with Gasteiger partial charge in [-0.25, -0.2) is 9.37 Å². The van der Waals surface area contributed by atoms with Crippen LogP contribution < -0.4 is 15.6 Å². The minimum atomic E-state index is -0.284. The average molecular weight is 478 g/mol. The Kier molecular flexibility index (Phi) is 7.59. The van der Waals surface area contributed by atoms with Crippen molar-refractivity contribution in [3.8, 4) is 5.75 Å². The summed E-state index contributed by atoms with van der Waals surface area (Å²) in [6.45, 7) is 0.768. The average Bonchev–Trinajstić information content (AvgIpc) is 2.86. The van der Waals surface area contributed by atoms with Gasteiger partial charge in [0.05, 0.1) is 30.3 Å². The Morgan fingerprint density at radius 1 is 1.03 bits per heavy atom. The van der Waals surface area contributed by atoms with Gasteiger partial charge in [0.15, 0.2) is 5.16 Å². The predicted molar refractivity (Wildman–Crippen MR) is 132 cm³/mol. The van der Waals surface area contributed by atoms with Crippen LogP contribution in [0.3, 0.4) is 0 Å². The van der Waals surface area contributed by atoms with Crippen LogP contribution in [-0.4, -0.2) is 34.9 Å². The second-order valence-corrected chi connectivity index (χ2v) is 8.61. The van der Waals surface area contributed by atoms with Crippen molar-refractivity contribution in [2.75, 3.05) is 19.4 Å². The first-order chi connectivity index (χ1) is 16.5. The van der Waals surface area contributed by atoms with Crippen LogP contribution >= 0.6 is 11.8 Å². The van der Waals surface area contributed by atoms with Gasteiger partial charge in [-0.05, 0) is 53.9 Å². The number of ether oxygens (including phenoxy) is 1. The number of nitrogens with one attached hydrogen (secondary N) is 1. The number of aromatic nitrogens is 2. The summed E-state index contributed by atoms with van der Waals surface area (Å²) >= 11 is 1.22. The fourth-order valence-corrected chi connectivity index (χ4v) is 4.32. The topological polar surface area (TPSA) is 73.2 Å². The highest BCUT2D eigenvalue weighted by molar-refractivity contribution is 7.99. The minimum absolute atomic E-state index is 0.122. The van der Waals surface area contributed by atoms with Crippen LogP contribution in [0, 0.1) is 5.82 Å². The monoisotopic (exact) mass is 477 g/mol. The van der Waals surface area contributed by atoms with Gasteiger partial charge >= 0.3 is 0 Å². The standard InChI is InChI=1S/C26H24FN3O3S/c1-33-21-12-8-19(9-13-21)16-30-25(32)22-4-2-3-5-23(22)29-26(30)34-17-24(31)28-15-14-18-6-10-20(27)11-7-18/h2-13H,14-17H2,1H3,(H,28,31). The van der Waals surface area contributed by atoms with Gasteiger partial charge in [0.1, 0.15) is 11.6 Å². The Morgan fingerprint density at radius 3 is 2.47 bits per heavy atom. The number of benzene rings is 3. The molecule has 3 aromatic carbocycles. The molecule has 0 atom stereocenters. The number of fused-ring (bicyclic) bond motifs is 1. The van der Waals surface area contributed by atoms with Gasteiger partial charge in [-0.1, -0.05) is 48.2 Å². The van der Waals surface area contributed by atoms with E-state index in [2.05, 4.69) is 10.3 Å². The molecule has 0 radical (unpaired) electrons. The van der Waals surface area contributed by atoms with Crippen LogP contribution in [0.25, 0.3) is 10.9 Å². The third-order valence-electron chi connectivity index (χ3n) is 5.31. The van der Waals surface area contributed by atoms with Crippen molar-refractivity contribution in [1.82, 2.24) is 14.9 Å². The molecular formula is C26H24FN3O3S. The number of rotatable bonds is 9. The Labute approximate surface area is 200 Å². The second kappa shape index (κ2) is 11.0. The normalized spacial score (nSPS) is 10.9. The summed E-state index contributed by atoms with van der Waals surface area (Å²) < 4.78 is 19.8. The van der Waals surface area contributed by atoms with Gasteiger partial charge in [0.2, 0.25) is 5.91 Å².